The number of aromatic nitrogens is 1. The Labute approximate surface area is 219 Å². The van der Waals surface area contributed by atoms with E-state index in [0.717, 1.165) is 62.7 Å². The average Bonchev–Trinajstić information content (AvgIpc) is 3.30. The molecule has 3 aromatic rings. The normalized spacial score (nSPS) is 14.5. The van der Waals surface area contributed by atoms with Crippen LogP contribution in [0.25, 0.3) is 11.5 Å². The maximum absolute atomic E-state index is 12.4. The summed E-state index contributed by atoms with van der Waals surface area (Å²) in [5.41, 5.74) is 3.07. The summed E-state index contributed by atoms with van der Waals surface area (Å²) in [7, 11) is 3.21. The molecule has 198 valence electrons. The molecule has 2 aromatic carbocycles. The molecule has 8 heteroatoms. The average molecular weight is 507 g/mol. The van der Waals surface area contributed by atoms with Crippen molar-refractivity contribution in [3.8, 4) is 23.0 Å². The molecule has 1 fully saturated rings. The van der Waals surface area contributed by atoms with Crippen molar-refractivity contribution in [1.29, 1.82) is 0 Å². The van der Waals surface area contributed by atoms with E-state index in [1.165, 1.54) is 5.56 Å². The highest BCUT2D eigenvalue weighted by molar-refractivity contribution is 5.75. The Morgan fingerprint density at radius 2 is 1.73 bits per heavy atom. The first kappa shape index (κ1) is 26.7. The van der Waals surface area contributed by atoms with Gasteiger partial charge in [0.15, 0.2) is 11.5 Å². The molecule has 8 nitrogen and oxygen atoms in total. The summed E-state index contributed by atoms with van der Waals surface area (Å²) in [6, 6.07) is 16.2. The quantitative estimate of drug-likeness (QED) is 0.399. The molecular formula is C29H38N4O4. The largest absolute Gasteiger partial charge is 0.493 e. The van der Waals surface area contributed by atoms with Crippen LogP contribution in [0.3, 0.4) is 0 Å². The van der Waals surface area contributed by atoms with Crippen LogP contribution in [0.15, 0.2) is 52.9 Å². The lowest BCUT2D eigenvalue weighted by molar-refractivity contribution is -0.121. The predicted octanol–water partition coefficient (Wildman–Crippen LogP) is 3.92. The van der Waals surface area contributed by atoms with Gasteiger partial charge >= 0.3 is 0 Å². The number of aryl methyl sites for hydroxylation is 2. The first-order chi connectivity index (χ1) is 18.1. The summed E-state index contributed by atoms with van der Waals surface area (Å²) in [4.78, 5) is 21.9. The minimum atomic E-state index is 0.0870. The van der Waals surface area contributed by atoms with Crippen molar-refractivity contribution >= 4 is 5.91 Å². The van der Waals surface area contributed by atoms with Crippen molar-refractivity contribution in [3.63, 3.8) is 0 Å². The second kappa shape index (κ2) is 13.3. The number of oxazole rings is 1. The molecule has 0 bridgehead atoms. The highest BCUT2D eigenvalue weighted by Crippen LogP contribution is 2.32. The lowest BCUT2D eigenvalue weighted by Crippen LogP contribution is -2.48. The van der Waals surface area contributed by atoms with Crippen LogP contribution in [0.1, 0.15) is 29.9 Å². The summed E-state index contributed by atoms with van der Waals surface area (Å²) in [6.45, 7) is 8.69. The molecule has 1 saturated heterocycles. The number of benzene rings is 2. The van der Waals surface area contributed by atoms with E-state index in [2.05, 4.69) is 50.4 Å². The van der Waals surface area contributed by atoms with Crippen molar-refractivity contribution in [1.82, 2.24) is 20.1 Å². The number of amides is 1. The van der Waals surface area contributed by atoms with Gasteiger partial charge in [-0.1, -0.05) is 30.3 Å². The Balaban J connectivity index is 1.14. The van der Waals surface area contributed by atoms with E-state index in [1.54, 1.807) is 14.2 Å². The summed E-state index contributed by atoms with van der Waals surface area (Å²) in [5, 5.41) is 3.07. The van der Waals surface area contributed by atoms with Gasteiger partial charge in [-0.25, -0.2) is 4.98 Å². The third-order valence-electron chi connectivity index (χ3n) is 6.80. The number of nitrogens with zero attached hydrogens (tertiary/aromatic N) is 3. The third-order valence-corrected chi connectivity index (χ3v) is 6.80. The van der Waals surface area contributed by atoms with E-state index in [4.69, 9.17) is 13.9 Å². The third kappa shape index (κ3) is 7.57. The van der Waals surface area contributed by atoms with Crippen LogP contribution < -0.4 is 14.8 Å². The van der Waals surface area contributed by atoms with E-state index in [0.29, 0.717) is 36.8 Å². The molecule has 1 aromatic heterocycles. The Morgan fingerprint density at radius 3 is 2.46 bits per heavy atom. The fourth-order valence-corrected chi connectivity index (χ4v) is 4.62. The summed E-state index contributed by atoms with van der Waals surface area (Å²) < 4.78 is 16.6. The molecule has 0 atom stereocenters. The van der Waals surface area contributed by atoms with E-state index in [-0.39, 0.29) is 5.91 Å². The number of rotatable bonds is 12. The fourth-order valence-electron chi connectivity index (χ4n) is 4.62. The summed E-state index contributed by atoms with van der Waals surface area (Å²) in [5.74, 6) is 2.69. The molecule has 1 amide bonds. The van der Waals surface area contributed by atoms with Crippen LogP contribution in [0, 0.1) is 6.92 Å². The lowest BCUT2D eigenvalue weighted by Gasteiger charge is -2.34. The zero-order valence-electron chi connectivity index (χ0n) is 22.2. The maximum Gasteiger partial charge on any atom is 0.226 e. The van der Waals surface area contributed by atoms with Crippen molar-refractivity contribution in [2.75, 3.05) is 53.5 Å². The minimum absolute atomic E-state index is 0.0870. The molecule has 2 heterocycles. The highest BCUT2D eigenvalue weighted by Gasteiger charge is 2.17. The summed E-state index contributed by atoms with van der Waals surface area (Å²) >= 11 is 0. The van der Waals surface area contributed by atoms with Crippen molar-refractivity contribution in [2.24, 2.45) is 0 Å². The maximum atomic E-state index is 12.4. The van der Waals surface area contributed by atoms with Crippen LogP contribution >= 0.6 is 0 Å². The molecule has 0 unspecified atom stereocenters. The van der Waals surface area contributed by atoms with Gasteiger partial charge in [0, 0.05) is 57.8 Å². The number of piperazine rings is 1. The van der Waals surface area contributed by atoms with Crippen molar-refractivity contribution < 1.29 is 18.7 Å². The van der Waals surface area contributed by atoms with Gasteiger partial charge in [0.1, 0.15) is 5.76 Å². The number of methoxy groups -OCH3 is 2. The van der Waals surface area contributed by atoms with Gasteiger partial charge in [0.25, 0.3) is 0 Å². The Kier molecular flexibility index (Phi) is 9.57. The molecule has 0 spiro atoms. The zero-order valence-corrected chi connectivity index (χ0v) is 22.2. The highest BCUT2D eigenvalue weighted by atomic mass is 16.5. The van der Waals surface area contributed by atoms with Gasteiger partial charge in [-0.3, -0.25) is 14.6 Å². The Bertz CT molecular complexity index is 1140. The van der Waals surface area contributed by atoms with E-state index in [9.17, 15) is 4.79 Å². The Hall–Kier alpha value is -3.36. The van der Waals surface area contributed by atoms with Gasteiger partial charge in [-0.2, -0.15) is 0 Å². The molecule has 0 saturated carbocycles. The number of carbonyl (C=O) groups excluding carboxylic acids is 1. The number of carbonyl (C=O) groups is 1. The van der Waals surface area contributed by atoms with Crippen molar-refractivity contribution in [2.45, 2.75) is 32.7 Å². The molecule has 4 rings (SSSR count). The smallest absolute Gasteiger partial charge is 0.226 e. The van der Waals surface area contributed by atoms with E-state index < -0.39 is 0 Å². The second-order valence-electron chi connectivity index (χ2n) is 9.40. The molecule has 1 N–H and O–H groups in total. The molecular weight excluding hydrogens is 468 g/mol. The molecule has 1 aliphatic rings. The fraction of sp³-hybridized carbons (Fsp3) is 0.448. The Morgan fingerprint density at radius 1 is 1.00 bits per heavy atom. The first-order valence-corrected chi connectivity index (χ1v) is 13.0. The van der Waals surface area contributed by atoms with Crippen LogP contribution in [0.5, 0.6) is 11.5 Å². The molecule has 0 aliphatic carbocycles. The minimum Gasteiger partial charge on any atom is -0.493 e. The van der Waals surface area contributed by atoms with Gasteiger partial charge in [-0.05, 0) is 43.5 Å². The number of nitrogens with one attached hydrogen (secondary N) is 1. The number of hydrogen-bond donors (Lipinski definition) is 1. The number of hydrogen-bond acceptors (Lipinski definition) is 7. The van der Waals surface area contributed by atoms with E-state index >= 15 is 0 Å². The molecule has 1 aliphatic heterocycles. The predicted molar refractivity (Wildman–Crippen MR) is 144 cm³/mol. The van der Waals surface area contributed by atoms with Crippen LogP contribution in [-0.4, -0.2) is 74.2 Å². The lowest BCUT2D eigenvalue weighted by atomic mass is 10.1. The number of ether oxygens (including phenoxy) is 2. The molecule has 37 heavy (non-hydrogen) atoms. The topological polar surface area (TPSA) is 80.1 Å². The standard InChI is InChI=1S/C29H38N4O4/c1-22-25(31-29(37-22)24-12-13-26(35-2)27(20-24)36-3)10-7-11-28(34)30-14-15-32-16-18-33(19-17-32)21-23-8-5-4-6-9-23/h4-6,8-9,12-13,20H,7,10-11,14-19,21H2,1-3H3,(H,30,34). The van der Waals surface area contributed by atoms with Crippen LogP contribution in [0.4, 0.5) is 0 Å². The van der Waals surface area contributed by atoms with E-state index in [1.807, 2.05) is 25.1 Å². The van der Waals surface area contributed by atoms with Gasteiger partial charge < -0.3 is 19.2 Å². The molecule has 0 radical (unpaired) electrons. The zero-order chi connectivity index (χ0) is 26.0. The van der Waals surface area contributed by atoms with Crippen molar-refractivity contribution in [3.05, 3.63) is 65.5 Å². The van der Waals surface area contributed by atoms with Gasteiger partial charge in [0.2, 0.25) is 11.8 Å². The first-order valence-electron chi connectivity index (χ1n) is 13.0. The summed E-state index contributed by atoms with van der Waals surface area (Å²) in [6.07, 6.45) is 1.89. The van der Waals surface area contributed by atoms with Crippen LogP contribution in [0.2, 0.25) is 0 Å². The van der Waals surface area contributed by atoms with Gasteiger partial charge in [0.05, 0.1) is 19.9 Å². The van der Waals surface area contributed by atoms with Gasteiger partial charge in [-0.15, -0.1) is 0 Å². The van der Waals surface area contributed by atoms with Crippen LogP contribution in [-0.2, 0) is 17.8 Å². The SMILES string of the molecule is COc1ccc(-c2nc(CCCC(=O)NCCN3CCN(Cc4ccccc4)CC3)c(C)o2)cc1OC. The second-order valence-corrected chi connectivity index (χ2v) is 9.40. The monoisotopic (exact) mass is 506 g/mol.